The molecule has 0 amide bonds. The Morgan fingerprint density at radius 3 is 1.48 bits per heavy atom. The van der Waals surface area contributed by atoms with Crippen LogP contribution < -0.4 is 0 Å². The third kappa shape index (κ3) is 5.20. The number of aliphatic hydroxyl groups excluding tert-OH is 1. The number of hydrogen-bond donors (Lipinski definition) is 2. The molecule has 0 spiro atoms. The maximum absolute atomic E-state index is 10.7. The molecular weight excluding hydrogens is 384 g/mol. The van der Waals surface area contributed by atoms with Crippen LogP contribution in [-0.2, 0) is 10.3 Å². The summed E-state index contributed by atoms with van der Waals surface area (Å²) in [5, 5.41) is 21.1. The minimum absolute atomic E-state index is 0.100. The number of ether oxygens (including phenoxy) is 1. The Bertz CT molecular complexity index is 847. The Hall–Kier alpha value is -2.98. The highest BCUT2D eigenvalue weighted by Gasteiger charge is 2.38. The van der Waals surface area contributed by atoms with Gasteiger partial charge in [0.15, 0.2) is 0 Å². The van der Waals surface area contributed by atoms with Gasteiger partial charge in [0.05, 0.1) is 12.7 Å². The Morgan fingerprint density at radius 1 is 0.742 bits per heavy atom. The molecule has 0 aliphatic heterocycles. The molecule has 0 bridgehead atoms. The summed E-state index contributed by atoms with van der Waals surface area (Å²) in [5.74, 6) is 0. The van der Waals surface area contributed by atoms with E-state index in [1.165, 1.54) is 12.2 Å². The van der Waals surface area contributed by atoms with Crippen molar-refractivity contribution in [3.8, 4) is 0 Å². The second-order valence-corrected chi connectivity index (χ2v) is 7.68. The van der Waals surface area contributed by atoms with Gasteiger partial charge in [-0.05, 0) is 29.5 Å². The van der Waals surface area contributed by atoms with Crippen LogP contribution in [0.15, 0.2) is 116 Å². The highest BCUT2D eigenvalue weighted by Crippen LogP contribution is 2.40. The molecule has 3 heteroatoms. The third-order valence-corrected chi connectivity index (χ3v) is 5.62. The summed E-state index contributed by atoms with van der Waals surface area (Å²) in [4.78, 5) is 0. The summed E-state index contributed by atoms with van der Waals surface area (Å²) in [6, 6.07) is 30.1. The van der Waals surface area contributed by atoms with E-state index in [2.05, 4.69) is 13.2 Å². The SMILES string of the molecule is C=CC(O)(C=C)CC[C@H](O)COC(c1ccccc1)(c1ccccc1)c1ccccc1. The van der Waals surface area contributed by atoms with Crippen LogP contribution in [0.2, 0.25) is 0 Å². The van der Waals surface area contributed by atoms with Crippen molar-refractivity contribution in [3.63, 3.8) is 0 Å². The Morgan fingerprint density at radius 2 is 1.13 bits per heavy atom. The summed E-state index contributed by atoms with van der Waals surface area (Å²) in [6.07, 6.45) is 2.79. The molecule has 2 N–H and O–H groups in total. The molecule has 0 heterocycles. The van der Waals surface area contributed by atoms with Crippen LogP contribution in [0.1, 0.15) is 29.5 Å². The lowest BCUT2D eigenvalue weighted by Crippen LogP contribution is -2.36. The molecule has 0 radical (unpaired) electrons. The Labute approximate surface area is 185 Å². The Kier molecular flexibility index (Phi) is 7.59. The van der Waals surface area contributed by atoms with Gasteiger partial charge in [0.1, 0.15) is 11.2 Å². The molecule has 0 aromatic heterocycles. The zero-order valence-corrected chi connectivity index (χ0v) is 17.7. The second kappa shape index (κ2) is 10.4. The van der Waals surface area contributed by atoms with Crippen LogP contribution >= 0.6 is 0 Å². The van der Waals surface area contributed by atoms with Crippen LogP contribution in [0, 0.1) is 0 Å². The molecular formula is C28H30O3. The van der Waals surface area contributed by atoms with Crippen molar-refractivity contribution in [1.82, 2.24) is 0 Å². The van der Waals surface area contributed by atoms with Crippen molar-refractivity contribution < 1.29 is 14.9 Å². The lowest BCUT2D eigenvalue weighted by Gasteiger charge is -2.36. The summed E-state index contributed by atoms with van der Waals surface area (Å²) < 4.78 is 6.60. The van der Waals surface area contributed by atoms with Gasteiger partial charge in [-0.3, -0.25) is 0 Å². The quantitative estimate of drug-likeness (QED) is 0.333. The molecule has 0 saturated carbocycles. The van der Waals surface area contributed by atoms with Crippen LogP contribution in [0.5, 0.6) is 0 Å². The molecule has 3 aromatic carbocycles. The first-order valence-electron chi connectivity index (χ1n) is 10.5. The monoisotopic (exact) mass is 414 g/mol. The van der Waals surface area contributed by atoms with E-state index in [1.807, 2.05) is 91.0 Å². The summed E-state index contributed by atoms with van der Waals surface area (Å²) in [6.45, 7) is 7.40. The van der Waals surface area contributed by atoms with E-state index >= 15 is 0 Å². The molecule has 1 atom stereocenters. The van der Waals surface area contributed by atoms with Crippen LogP contribution in [0.25, 0.3) is 0 Å². The standard InChI is InChI=1S/C28H30O3/c1-3-27(30,4-2)21-20-26(29)22-31-28(23-14-8-5-9-15-23,24-16-10-6-11-17-24)25-18-12-7-13-19-25/h3-19,26,29-30H,1-2,20-22H2/t26-/m0/s1. The predicted octanol–water partition coefficient (Wildman–Crippen LogP) is 5.24. The second-order valence-electron chi connectivity index (χ2n) is 7.68. The lowest BCUT2D eigenvalue weighted by molar-refractivity contribution is -0.0440. The van der Waals surface area contributed by atoms with Gasteiger partial charge in [-0.25, -0.2) is 0 Å². The zero-order valence-electron chi connectivity index (χ0n) is 17.7. The number of aliphatic hydroxyl groups is 2. The van der Waals surface area contributed by atoms with Gasteiger partial charge in [-0.15, -0.1) is 0 Å². The van der Waals surface area contributed by atoms with Gasteiger partial charge in [0, 0.05) is 0 Å². The predicted molar refractivity (Wildman–Crippen MR) is 126 cm³/mol. The number of rotatable bonds is 11. The van der Waals surface area contributed by atoms with Crippen molar-refractivity contribution >= 4 is 0 Å². The van der Waals surface area contributed by atoms with E-state index < -0.39 is 17.3 Å². The molecule has 0 unspecified atom stereocenters. The highest BCUT2D eigenvalue weighted by atomic mass is 16.5. The van der Waals surface area contributed by atoms with E-state index in [4.69, 9.17) is 4.74 Å². The van der Waals surface area contributed by atoms with E-state index in [1.54, 1.807) is 0 Å². The minimum atomic E-state index is -1.20. The van der Waals surface area contributed by atoms with Crippen molar-refractivity contribution in [2.45, 2.75) is 30.1 Å². The van der Waals surface area contributed by atoms with Gasteiger partial charge < -0.3 is 14.9 Å². The normalized spacial score (nSPS) is 12.8. The lowest BCUT2D eigenvalue weighted by atomic mass is 9.80. The average molecular weight is 415 g/mol. The van der Waals surface area contributed by atoms with E-state index in [9.17, 15) is 10.2 Å². The highest BCUT2D eigenvalue weighted by molar-refractivity contribution is 5.47. The van der Waals surface area contributed by atoms with Crippen LogP contribution in [0.3, 0.4) is 0 Å². The number of benzene rings is 3. The van der Waals surface area contributed by atoms with Crippen LogP contribution in [0.4, 0.5) is 0 Å². The van der Waals surface area contributed by atoms with Gasteiger partial charge in [0.2, 0.25) is 0 Å². The van der Waals surface area contributed by atoms with E-state index in [-0.39, 0.29) is 6.61 Å². The molecule has 0 aliphatic carbocycles. The van der Waals surface area contributed by atoms with Gasteiger partial charge in [-0.2, -0.15) is 0 Å². The van der Waals surface area contributed by atoms with Gasteiger partial charge in [-0.1, -0.05) is 116 Å². The first-order valence-corrected chi connectivity index (χ1v) is 10.5. The largest absolute Gasteiger partial charge is 0.391 e. The fourth-order valence-corrected chi connectivity index (χ4v) is 3.76. The summed E-state index contributed by atoms with van der Waals surface area (Å²) in [5.41, 5.74) is 0.865. The first-order chi connectivity index (χ1) is 15.0. The molecule has 0 aliphatic rings. The van der Waals surface area contributed by atoms with E-state index in [0.29, 0.717) is 12.8 Å². The summed E-state index contributed by atoms with van der Waals surface area (Å²) >= 11 is 0. The topological polar surface area (TPSA) is 49.7 Å². The Balaban J connectivity index is 1.97. The van der Waals surface area contributed by atoms with Crippen LogP contribution in [-0.4, -0.2) is 28.5 Å². The maximum Gasteiger partial charge on any atom is 0.143 e. The molecule has 0 fully saturated rings. The van der Waals surface area contributed by atoms with Crippen molar-refractivity contribution in [2.24, 2.45) is 0 Å². The first kappa shape index (κ1) is 22.7. The molecule has 3 rings (SSSR count). The number of hydrogen-bond acceptors (Lipinski definition) is 3. The van der Waals surface area contributed by atoms with Gasteiger partial charge >= 0.3 is 0 Å². The maximum atomic E-state index is 10.7. The molecule has 160 valence electrons. The van der Waals surface area contributed by atoms with E-state index in [0.717, 1.165) is 16.7 Å². The molecule has 0 saturated heterocycles. The zero-order chi connectivity index (χ0) is 22.2. The third-order valence-electron chi connectivity index (χ3n) is 5.62. The van der Waals surface area contributed by atoms with Crippen molar-refractivity contribution in [3.05, 3.63) is 133 Å². The van der Waals surface area contributed by atoms with Gasteiger partial charge in [0.25, 0.3) is 0 Å². The fraction of sp³-hybridized carbons (Fsp3) is 0.214. The van der Waals surface area contributed by atoms with Crippen molar-refractivity contribution in [1.29, 1.82) is 0 Å². The smallest absolute Gasteiger partial charge is 0.143 e. The average Bonchev–Trinajstić information content (AvgIpc) is 2.85. The van der Waals surface area contributed by atoms with Crippen molar-refractivity contribution in [2.75, 3.05) is 6.61 Å². The summed E-state index contributed by atoms with van der Waals surface area (Å²) in [7, 11) is 0. The minimum Gasteiger partial charge on any atom is -0.391 e. The molecule has 3 aromatic rings. The fourth-order valence-electron chi connectivity index (χ4n) is 3.76. The molecule has 31 heavy (non-hydrogen) atoms. The molecule has 3 nitrogen and oxygen atoms in total.